The van der Waals surface area contributed by atoms with Gasteiger partial charge in [-0.05, 0) is 23.5 Å². The Hall–Kier alpha value is -2.55. The third kappa shape index (κ3) is 6.03. The Bertz CT molecular complexity index is 915. The van der Waals surface area contributed by atoms with Crippen LogP contribution in [0, 0.1) is 5.92 Å². The number of likely N-dealkylation sites (tertiary alicyclic amines) is 1. The summed E-state index contributed by atoms with van der Waals surface area (Å²) < 4.78 is 0. The number of aliphatic hydroxyl groups excluding tert-OH is 1. The molecule has 4 rings (SSSR count). The monoisotopic (exact) mass is 438 g/mol. The van der Waals surface area contributed by atoms with Gasteiger partial charge < -0.3 is 15.7 Å². The molecule has 0 unspecified atom stereocenters. The molecule has 3 N–H and O–H groups in total. The summed E-state index contributed by atoms with van der Waals surface area (Å²) in [6, 6.07) is 10.4. The van der Waals surface area contributed by atoms with Gasteiger partial charge in [0.05, 0.1) is 12.1 Å². The Kier molecular flexibility index (Phi) is 7.34. The van der Waals surface area contributed by atoms with E-state index in [1.165, 1.54) is 17.5 Å². The zero-order valence-electron chi connectivity index (χ0n) is 19.0. The minimum atomic E-state index is -0.634. The van der Waals surface area contributed by atoms with Crippen LogP contribution in [-0.4, -0.2) is 82.2 Å². The van der Waals surface area contributed by atoms with Gasteiger partial charge in [0, 0.05) is 51.9 Å². The molecular weight excluding hydrogens is 404 g/mol. The lowest BCUT2D eigenvalue weighted by molar-refractivity contribution is 0.0838. The minimum Gasteiger partial charge on any atom is -0.390 e. The topological polar surface area (TPSA) is 93.6 Å². The number of β-amino-alcohol motifs (C(OH)–C–C–N with tert-alkyl or cyclic N) is 1. The summed E-state index contributed by atoms with van der Waals surface area (Å²) in [7, 11) is 0. The molecule has 8 heteroatoms. The van der Waals surface area contributed by atoms with Crippen molar-refractivity contribution in [3.8, 4) is 0 Å². The van der Waals surface area contributed by atoms with Gasteiger partial charge in [0.2, 0.25) is 0 Å². The molecule has 1 amide bonds. The molecule has 2 aliphatic heterocycles. The molecule has 1 fully saturated rings. The van der Waals surface area contributed by atoms with E-state index in [1.807, 2.05) is 0 Å². The maximum absolute atomic E-state index is 12.5. The number of benzene rings is 1. The summed E-state index contributed by atoms with van der Waals surface area (Å²) >= 11 is 0. The van der Waals surface area contributed by atoms with Crippen molar-refractivity contribution in [3.05, 3.63) is 53.5 Å². The molecule has 1 aromatic carbocycles. The highest BCUT2D eigenvalue weighted by Crippen LogP contribution is 2.18. The van der Waals surface area contributed by atoms with Crippen LogP contribution in [0.15, 0.2) is 36.7 Å². The first kappa shape index (κ1) is 22.6. The van der Waals surface area contributed by atoms with Crippen molar-refractivity contribution < 1.29 is 9.90 Å². The van der Waals surface area contributed by atoms with E-state index in [1.54, 1.807) is 6.07 Å². The number of aromatic nitrogens is 2. The average molecular weight is 439 g/mol. The fourth-order valence-electron chi connectivity index (χ4n) is 4.47. The fourth-order valence-corrected chi connectivity index (χ4v) is 4.47. The number of nitrogens with zero attached hydrogens (tertiary/aromatic N) is 4. The molecule has 2 aliphatic rings. The third-order valence-electron chi connectivity index (χ3n) is 6.01. The average Bonchev–Trinajstić information content (AvgIpc) is 2.76. The van der Waals surface area contributed by atoms with Crippen molar-refractivity contribution in [2.45, 2.75) is 39.0 Å². The van der Waals surface area contributed by atoms with E-state index in [0.29, 0.717) is 30.0 Å². The van der Waals surface area contributed by atoms with Gasteiger partial charge in [-0.2, -0.15) is 0 Å². The number of carbonyl (C=O) groups is 1. The van der Waals surface area contributed by atoms with Gasteiger partial charge in [0.1, 0.15) is 17.8 Å². The van der Waals surface area contributed by atoms with Crippen LogP contribution < -0.4 is 10.6 Å². The molecule has 1 saturated heterocycles. The number of carbonyl (C=O) groups excluding carboxylic acids is 1. The first-order valence-electron chi connectivity index (χ1n) is 11.5. The van der Waals surface area contributed by atoms with Crippen LogP contribution in [0.3, 0.4) is 0 Å². The van der Waals surface area contributed by atoms with Gasteiger partial charge in [-0.25, -0.2) is 9.97 Å². The number of hydrogen-bond donors (Lipinski definition) is 3. The summed E-state index contributed by atoms with van der Waals surface area (Å²) in [6.07, 6.45) is 1.76. The smallest absolute Gasteiger partial charge is 0.270 e. The van der Waals surface area contributed by atoms with E-state index in [-0.39, 0.29) is 12.5 Å². The van der Waals surface area contributed by atoms with Crippen molar-refractivity contribution in [1.29, 1.82) is 0 Å². The lowest BCUT2D eigenvalue weighted by Crippen LogP contribution is -2.55. The van der Waals surface area contributed by atoms with Crippen molar-refractivity contribution in [3.63, 3.8) is 0 Å². The predicted octanol–water partition coefficient (Wildman–Crippen LogP) is 1.38. The predicted molar refractivity (Wildman–Crippen MR) is 124 cm³/mol. The van der Waals surface area contributed by atoms with Gasteiger partial charge in [-0.3, -0.25) is 14.6 Å². The molecule has 172 valence electrons. The standard InChI is InChI=1S/C24H34N6O2/c1-17(2)11-30-13-20(14-30)28-23-9-22(26-16-27-23)24(32)25-10-21(31)15-29-8-7-18-5-3-4-6-19(18)12-29/h3-6,9,16-17,20-21,31H,7-8,10-15H2,1-2H3,(H,25,32)(H,26,27,28)/t21-/m0/s1. The van der Waals surface area contributed by atoms with E-state index < -0.39 is 6.10 Å². The van der Waals surface area contributed by atoms with E-state index in [2.05, 4.69) is 68.5 Å². The molecule has 0 saturated carbocycles. The Balaban J connectivity index is 1.21. The highest BCUT2D eigenvalue weighted by atomic mass is 16.3. The molecule has 0 spiro atoms. The SMILES string of the molecule is CC(C)CN1CC(Nc2cc(C(=O)NC[C@H](O)CN3CCc4ccccc4C3)ncn2)C1. The van der Waals surface area contributed by atoms with Crippen molar-refractivity contribution in [2.75, 3.05) is 44.6 Å². The summed E-state index contributed by atoms with van der Waals surface area (Å²) in [5, 5.41) is 16.6. The molecule has 1 aromatic heterocycles. The van der Waals surface area contributed by atoms with E-state index in [0.717, 1.165) is 39.1 Å². The molecule has 2 aromatic rings. The van der Waals surface area contributed by atoms with Gasteiger partial charge in [-0.1, -0.05) is 38.1 Å². The second kappa shape index (κ2) is 10.4. The third-order valence-corrected chi connectivity index (χ3v) is 6.01. The molecule has 0 bridgehead atoms. The second-order valence-electron chi connectivity index (χ2n) is 9.36. The van der Waals surface area contributed by atoms with Crippen LogP contribution in [0.2, 0.25) is 0 Å². The first-order valence-corrected chi connectivity index (χ1v) is 11.5. The number of nitrogens with one attached hydrogen (secondary N) is 2. The van der Waals surface area contributed by atoms with Gasteiger partial charge >= 0.3 is 0 Å². The fraction of sp³-hybridized carbons (Fsp3) is 0.542. The zero-order chi connectivity index (χ0) is 22.5. The van der Waals surface area contributed by atoms with Crippen LogP contribution in [0.4, 0.5) is 5.82 Å². The maximum atomic E-state index is 12.5. The van der Waals surface area contributed by atoms with E-state index in [9.17, 15) is 9.90 Å². The number of hydrogen-bond acceptors (Lipinski definition) is 7. The van der Waals surface area contributed by atoms with Gasteiger partial charge in [-0.15, -0.1) is 0 Å². The normalized spacial score (nSPS) is 18.1. The maximum Gasteiger partial charge on any atom is 0.270 e. The molecule has 3 heterocycles. The van der Waals surface area contributed by atoms with Gasteiger partial charge in [0.15, 0.2) is 0 Å². The van der Waals surface area contributed by atoms with Crippen LogP contribution in [0.5, 0.6) is 0 Å². The van der Waals surface area contributed by atoms with Crippen molar-refractivity contribution in [1.82, 2.24) is 25.1 Å². The second-order valence-corrected chi connectivity index (χ2v) is 9.36. The van der Waals surface area contributed by atoms with Crippen molar-refractivity contribution >= 4 is 11.7 Å². The summed E-state index contributed by atoms with van der Waals surface area (Å²) in [4.78, 5) is 25.5. The Morgan fingerprint density at radius 3 is 2.72 bits per heavy atom. The first-order chi connectivity index (χ1) is 15.5. The molecule has 8 nitrogen and oxygen atoms in total. The zero-order valence-corrected chi connectivity index (χ0v) is 19.0. The number of aliphatic hydroxyl groups is 1. The van der Waals surface area contributed by atoms with Crippen LogP contribution in [0.1, 0.15) is 35.5 Å². The summed E-state index contributed by atoms with van der Waals surface area (Å²) in [5.74, 6) is 1.02. The molecule has 0 aliphatic carbocycles. The van der Waals surface area contributed by atoms with E-state index >= 15 is 0 Å². The highest BCUT2D eigenvalue weighted by Gasteiger charge is 2.27. The summed E-state index contributed by atoms with van der Waals surface area (Å²) in [6.45, 7) is 9.97. The molecule has 32 heavy (non-hydrogen) atoms. The largest absolute Gasteiger partial charge is 0.390 e. The Morgan fingerprint density at radius 2 is 1.94 bits per heavy atom. The van der Waals surface area contributed by atoms with Crippen LogP contribution in [-0.2, 0) is 13.0 Å². The van der Waals surface area contributed by atoms with Crippen molar-refractivity contribution in [2.24, 2.45) is 5.92 Å². The quantitative estimate of drug-likeness (QED) is 0.545. The van der Waals surface area contributed by atoms with Crippen LogP contribution >= 0.6 is 0 Å². The number of amides is 1. The van der Waals surface area contributed by atoms with Crippen LogP contribution in [0.25, 0.3) is 0 Å². The summed E-state index contributed by atoms with van der Waals surface area (Å²) in [5.41, 5.74) is 3.00. The molecular formula is C24H34N6O2. The van der Waals surface area contributed by atoms with Gasteiger partial charge in [0.25, 0.3) is 5.91 Å². The number of anilines is 1. The minimum absolute atomic E-state index is 0.191. The lowest BCUT2D eigenvalue weighted by atomic mass is 10.00. The highest BCUT2D eigenvalue weighted by molar-refractivity contribution is 5.92. The van der Waals surface area contributed by atoms with E-state index in [4.69, 9.17) is 0 Å². The molecule has 0 radical (unpaired) electrons. The Labute approximate surface area is 190 Å². The Morgan fingerprint density at radius 1 is 1.16 bits per heavy atom. The number of rotatable bonds is 9. The lowest BCUT2D eigenvalue weighted by Gasteiger charge is -2.40. The molecule has 1 atom stereocenters. The number of fused-ring (bicyclic) bond motifs is 1.